The molecule has 0 aliphatic heterocycles. The number of pyridine rings is 2. The van der Waals surface area contributed by atoms with Gasteiger partial charge in [-0.1, -0.05) is 0 Å². The van der Waals surface area contributed by atoms with Gasteiger partial charge in [-0.2, -0.15) is 0 Å². The fraction of sp³-hybridized carbons (Fsp3) is 0. The van der Waals surface area contributed by atoms with Crippen LogP contribution in [0.4, 0.5) is 0 Å². The van der Waals surface area contributed by atoms with Crippen LogP contribution in [-0.4, -0.2) is 18.7 Å². The number of hydrogen-bond acceptors (Lipinski definition) is 4. The van der Waals surface area contributed by atoms with Crippen LogP contribution in [0.15, 0.2) is 35.5 Å². The van der Waals surface area contributed by atoms with E-state index in [9.17, 15) is 8.76 Å². The number of hydrogen-bond donors (Lipinski definition) is 0. The van der Waals surface area contributed by atoms with Crippen LogP contribution in [0.25, 0.3) is 11.0 Å². The second-order valence-corrected chi connectivity index (χ2v) is 3.33. The summed E-state index contributed by atoms with van der Waals surface area (Å²) in [6.45, 7) is 0. The maximum absolute atomic E-state index is 10.8. The molecule has 66 valence electrons. The van der Waals surface area contributed by atoms with Crippen molar-refractivity contribution < 1.29 is 8.76 Å². The second-order valence-electron chi connectivity index (χ2n) is 2.42. The fourth-order valence-electron chi connectivity index (χ4n) is 1.10. The number of rotatable bonds is 1. The van der Waals surface area contributed by atoms with Crippen molar-refractivity contribution in [2.45, 2.75) is 4.90 Å². The Balaban J connectivity index is 2.83. The molecule has 0 aromatic carbocycles. The van der Waals surface area contributed by atoms with Crippen molar-refractivity contribution in [2.24, 2.45) is 0 Å². The molecule has 0 radical (unpaired) electrons. The van der Waals surface area contributed by atoms with Gasteiger partial charge >= 0.3 is 0 Å². The van der Waals surface area contributed by atoms with Gasteiger partial charge in [0, 0.05) is 22.7 Å². The predicted octanol–water partition coefficient (Wildman–Crippen LogP) is 0.868. The summed E-state index contributed by atoms with van der Waals surface area (Å²) in [6, 6.07) is 4.81. The monoisotopic (exact) mass is 193 g/mol. The summed E-state index contributed by atoms with van der Waals surface area (Å²) in [7, 11) is 0. The highest BCUT2D eigenvalue weighted by Gasteiger charge is 2.00. The van der Waals surface area contributed by atoms with Crippen LogP contribution < -0.4 is 0 Å². The first kappa shape index (κ1) is 8.28. The van der Waals surface area contributed by atoms with Gasteiger partial charge in [-0.25, -0.2) is 9.97 Å². The molecule has 4 nitrogen and oxygen atoms in total. The van der Waals surface area contributed by atoms with Crippen LogP contribution in [0, 0.1) is 0 Å². The lowest BCUT2D eigenvalue weighted by atomic mass is 10.3. The van der Waals surface area contributed by atoms with E-state index in [1.807, 2.05) is 0 Å². The van der Waals surface area contributed by atoms with E-state index in [0.29, 0.717) is 11.0 Å². The van der Waals surface area contributed by atoms with E-state index < -0.39 is 11.1 Å². The minimum atomic E-state index is -2.23. The molecule has 0 aliphatic rings. The summed E-state index contributed by atoms with van der Waals surface area (Å²) >= 11 is -2.23. The smallest absolute Gasteiger partial charge is 0.160 e. The highest BCUT2D eigenvalue weighted by atomic mass is 32.2. The molecule has 0 bridgehead atoms. The quantitative estimate of drug-likeness (QED) is 0.630. The van der Waals surface area contributed by atoms with Crippen molar-refractivity contribution in [1.82, 2.24) is 9.97 Å². The van der Waals surface area contributed by atoms with E-state index in [4.69, 9.17) is 0 Å². The van der Waals surface area contributed by atoms with Gasteiger partial charge in [0.15, 0.2) is 5.65 Å². The Hall–Kier alpha value is -1.33. The topological polar surface area (TPSA) is 65.9 Å². The lowest BCUT2D eigenvalue weighted by Gasteiger charge is -2.06. The van der Waals surface area contributed by atoms with Crippen molar-refractivity contribution in [3.63, 3.8) is 0 Å². The van der Waals surface area contributed by atoms with E-state index in [-0.39, 0.29) is 4.90 Å². The van der Waals surface area contributed by atoms with Crippen molar-refractivity contribution in [2.75, 3.05) is 0 Å². The van der Waals surface area contributed by atoms with Crippen molar-refractivity contribution in [3.8, 4) is 0 Å². The standard InChI is InChI=1S/C8H6N2O2S/c11-13(12)7-3-5-10-8-6(7)2-1-4-9-8/h1-5H,(H,11,12)/p-1. The Morgan fingerprint density at radius 2 is 2.00 bits per heavy atom. The Kier molecular flexibility index (Phi) is 2.03. The molecule has 2 aromatic heterocycles. The molecule has 1 atom stereocenters. The number of fused-ring (bicyclic) bond motifs is 1. The fourth-order valence-corrected chi connectivity index (χ4v) is 1.61. The minimum Gasteiger partial charge on any atom is -0.768 e. The van der Waals surface area contributed by atoms with E-state index in [0.717, 1.165) is 0 Å². The van der Waals surface area contributed by atoms with Gasteiger partial charge in [-0.3, -0.25) is 4.21 Å². The molecule has 1 unspecified atom stereocenters. The maximum Gasteiger partial charge on any atom is 0.160 e. The third-order valence-corrected chi connectivity index (χ3v) is 2.37. The minimum absolute atomic E-state index is 0.234. The largest absolute Gasteiger partial charge is 0.768 e. The predicted molar refractivity (Wildman–Crippen MR) is 46.7 cm³/mol. The Morgan fingerprint density at radius 3 is 2.77 bits per heavy atom. The molecule has 0 aliphatic carbocycles. The van der Waals surface area contributed by atoms with Crippen molar-refractivity contribution in [3.05, 3.63) is 30.6 Å². The maximum atomic E-state index is 10.8. The molecule has 2 heterocycles. The molecule has 2 rings (SSSR count). The van der Waals surface area contributed by atoms with Gasteiger partial charge in [0.05, 0.1) is 0 Å². The van der Waals surface area contributed by atoms with Crippen LogP contribution in [0.1, 0.15) is 0 Å². The van der Waals surface area contributed by atoms with Gasteiger partial charge in [0.2, 0.25) is 0 Å². The summed E-state index contributed by atoms with van der Waals surface area (Å²) in [5.41, 5.74) is 0.448. The van der Waals surface area contributed by atoms with Gasteiger partial charge < -0.3 is 4.55 Å². The summed E-state index contributed by atoms with van der Waals surface area (Å²) < 4.78 is 21.5. The molecule has 13 heavy (non-hydrogen) atoms. The third kappa shape index (κ3) is 1.43. The summed E-state index contributed by atoms with van der Waals surface area (Å²) in [6.07, 6.45) is 3.01. The summed E-state index contributed by atoms with van der Waals surface area (Å²) in [5, 5.41) is 0.554. The number of nitrogens with zero attached hydrogens (tertiary/aromatic N) is 2. The van der Waals surface area contributed by atoms with Gasteiger partial charge in [-0.15, -0.1) is 0 Å². The first-order valence-electron chi connectivity index (χ1n) is 3.58. The normalized spacial score (nSPS) is 13.0. The molecule has 0 saturated carbocycles. The summed E-state index contributed by atoms with van der Waals surface area (Å²) in [5.74, 6) is 0. The molecule has 0 saturated heterocycles. The Bertz CT molecular complexity index is 467. The molecular weight excluding hydrogens is 188 g/mol. The van der Waals surface area contributed by atoms with Gasteiger partial charge in [0.1, 0.15) is 0 Å². The Morgan fingerprint density at radius 1 is 1.23 bits per heavy atom. The van der Waals surface area contributed by atoms with E-state index >= 15 is 0 Å². The first-order valence-corrected chi connectivity index (χ1v) is 4.65. The highest BCUT2D eigenvalue weighted by Crippen LogP contribution is 2.16. The Labute approximate surface area is 76.9 Å². The van der Waals surface area contributed by atoms with Crippen LogP contribution >= 0.6 is 0 Å². The van der Waals surface area contributed by atoms with Crippen molar-refractivity contribution in [1.29, 1.82) is 0 Å². The lowest BCUT2D eigenvalue weighted by Crippen LogP contribution is -1.92. The zero-order valence-corrected chi connectivity index (χ0v) is 7.32. The number of aromatic nitrogens is 2. The zero-order valence-electron chi connectivity index (χ0n) is 6.51. The van der Waals surface area contributed by atoms with Gasteiger partial charge in [-0.05, 0) is 29.3 Å². The van der Waals surface area contributed by atoms with E-state index in [1.165, 1.54) is 12.3 Å². The van der Waals surface area contributed by atoms with Gasteiger partial charge in [0.25, 0.3) is 0 Å². The third-order valence-electron chi connectivity index (χ3n) is 1.65. The van der Waals surface area contributed by atoms with Crippen LogP contribution in [0.2, 0.25) is 0 Å². The van der Waals surface area contributed by atoms with Crippen LogP contribution in [-0.2, 0) is 11.1 Å². The molecule has 0 fully saturated rings. The SMILES string of the molecule is O=S([O-])c1ccnc2ncccc12. The summed E-state index contributed by atoms with van der Waals surface area (Å²) in [4.78, 5) is 8.11. The van der Waals surface area contributed by atoms with E-state index in [2.05, 4.69) is 9.97 Å². The second kappa shape index (κ2) is 3.20. The first-order chi connectivity index (χ1) is 6.29. The molecule has 5 heteroatoms. The molecule has 0 N–H and O–H groups in total. The molecule has 0 spiro atoms. The van der Waals surface area contributed by atoms with E-state index in [1.54, 1.807) is 18.3 Å². The average molecular weight is 193 g/mol. The van der Waals surface area contributed by atoms with Crippen LogP contribution in [0.5, 0.6) is 0 Å². The zero-order chi connectivity index (χ0) is 9.26. The van der Waals surface area contributed by atoms with Crippen molar-refractivity contribution >= 4 is 22.1 Å². The highest BCUT2D eigenvalue weighted by molar-refractivity contribution is 7.79. The lowest BCUT2D eigenvalue weighted by molar-refractivity contribution is 0.538. The average Bonchev–Trinajstić information content (AvgIpc) is 2.17. The van der Waals surface area contributed by atoms with Crippen LogP contribution in [0.3, 0.4) is 0 Å². The molecule has 0 amide bonds. The molecular formula is C8H5N2O2S-. The molecule has 2 aromatic rings.